The second kappa shape index (κ2) is 20.6. The molecule has 65 heavy (non-hydrogen) atoms. The lowest BCUT2D eigenvalue weighted by Gasteiger charge is -2.28. The average molecular weight is 922 g/mol. The lowest BCUT2D eigenvalue weighted by atomic mass is 9.92. The first-order valence-corrected chi connectivity index (χ1v) is 21.9. The van der Waals surface area contributed by atoms with Gasteiger partial charge in [-0.05, 0) is 110 Å². The van der Waals surface area contributed by atoms with Gasteiger partial charge in [-0.25, -0.2) is 18.4 Å². The van der Waals surface area contributed by atoms with E-state index in [9.17, 15) is 42.1 Å². The van der Waals surface area contributed by atoms with E-state index in [1.54, 1.807) is 13.8 Å². The van der Waals surface area contributed by atoms with E-state index in [2.05, 4.69) is 5.32 Å². The number of carbonyl (C=O) groups is 6. The number of ketones is 1. The molecule has 0 saturated heterocycles. The van der Waals surface area contributed by atoms with Crippen LogP contribution < -0.4 is 16.0 Å². The van der Waals surface area contributed by atoms with Gasteiger partial charge < -0.3 is 20.5 Å². The zero-order valence-electron chi connectivity index (χ0n) is 35.1. The Balaban J connectivity index is 1.14. The Morgan fingerprint density at radius 2 is 1.38 bits per heavy atom. The summed E-state index contributed by atoms with van der Waals surface area (Å²) >= 11 is 0. The summed E-state index contributed by atoms with van der Waals surface area (Å²) in [5.41, 5.74) is 2.47. The van der Waals surface area contributed by atoms with Crippen LogP contribution in [0.2, 0.25) is 0 Å². The molecular weight excluding hydrogens is 877 g/mol. The number of nitrogens with two attached hydrogens (primary N) is 1. The number of alkyl halides is 2. The minimum absolute atomic E-state index is 0.0721. The van der Waals surface area contributed by atoms with Crippen LogP contribution in [-0.4, -0.2) is 61.1 Å². The summed E-state index contributed by atoms with van der Waals surface area (Å²) in [6.07, 6.45) is 2.49. The number of benzene rings is 4. The first-order chi connectivity index (χ1) is 30.9. The third kappa shape index (κ3) is 11.4. The van der Waals surface area contributed by atoms with Crippen LogP contribution in [0.25, 0.3) is 5.57 Å². The van der Waals surface area contributed by atoms with Gasteiger partial charge in [-0.15, -0.1) is 0 Å². The van der Waals surface area contributed by atoms with E-state index in [1.807, 2.05) is 18.2 Å². The van der Waals surface area contributed by atoms with E-state index in [-0.39, 0.29) is 30.4 Å². The molecule has 19 heteroatoms. The molecule has 4 aromatic carbocycles. The molecule has 0 aliphatic carbocycles. The number of halogens is 4. The van der Waals surface area contributed by atoms with Gasteiger partial charge >= 0.3 is 25.2 Å². The smallest absolute Gasteiger partial charge is 0.410 e. The highest BCUT2D eigenvalue weighted by Crippen LogP contribution is 2.67. The third-order valence-electron chi connectivity index (χ3n) is 10.9. The van der Waals surface area contributed by atoms with E-state index in [0.717, 1.165) is 71.8 Å². The number of nitrogens with zero attached hydrogens (tertiary/aromatic N) is 1. The number of anilines is 1. The van der Waals surface area contributed by atoms with Crippen molar-refractivity contribution < 1.29 is 69.4 Å². The van der Waals surface area contributed by atoms with E-state index in [0.29, 0.717) is 36.1 Å². The topological polar surface area (TPSA) is 198 Å². The zero-order valence-corrected chi connectivity index (χ0v) is 36.0. The van der Waals surface area contributed by atoms with Gasteiger partial charge in [0.2, 0.25) is 31.3 Å². The standard InChI is InChI=1S/C46H44F4N3O11P/c1-27(22-38(54)23-34-8-7-30-4-3-5-33-24-39(53(41(30)33)43(34)57)42(56)52-28(2)6-21-40(51)55)29-9-15-35(16-10-29)46(49,50)65(60,63-25-61-44(58)31-11-17-36(47)18-12-31)64-26-62-45(59)32-13-19-37(48)20-14-32/h3-5,9-20,22,28,34,39H,6-8,21,23-26H2,1-2H3,(H2,51,55)(H,52,56)/b27-22+/t28-,34-,39+/m1/s1. The minimum Gasteiger partial charge on any atom is -0.434 e. The summed E-state index contributed by atoms with van der Waals surface area (Å²) in [6, 6.07) is 16.5. The lowest BCUT2D eigenvalue weighted by molar-refractivity contribution is -0.129. The molecule has 342 valence electrons. The molecule has 0 saturated carbocycles. The van der Waals surface area contributed by atoms with Gasteiger partial charge in [-0.1, -0.05) is 42.5 Å². The van der Waals surface area contributed by atoms with Crippen LogP contribution in [0.4, 0.5) is 23.2 Å². The van der Waals surface area contributed by atoms with Crippen molar-refractivity contribution >= 4 is 54.3 Å². The fourth-order valence-electron chi connectivity index (χ4n) is 7.41. The molecule has 0 bridgehead atoms. The number of esters is 2. The van der Waals surface area contributed by atoms with Crippen molar-refractivity contribution in [3.05, 3.63) is 142 Å². The second-order valence-electron chi connectivity index (χ2n) is 15.5. The summed E-state index contributed by atoms with van der Waals surface area (Å²) < 4.78 is 92.3. The molecule has 2 heterocycles. The Morgan fingerprint density at radius 1 is 0.846 bits per heavy atom. The fourth-order valence-corrected chi connectivity index (χ4v) is 8.66. The molecule has 2 aliphatic heterocycles. The molecule has 0 spiro atoms. The van der Waals surface area contributed by atoms with E-state index < -0.39 is 97.5 Å². The maximum atomic E-state index is 16.2. The highest BCUT2D eigenvalue weighted by molar-refractivity contribution is 7.54. The molecule has 3 amide bonds. The maximum absolute atomic E-state index is 16.2. The summed E-state index contributed by atoms with van der Waals surface area (Å²) in [4.78, 5) is 78.8. The van der Waals surface area contributed by atoms with Crippen molar-refractivity contribution in [3.8, 4) is 0 Å². The van der Waals surface area contributed by atoms with Crippen LogP contribution in [0.5, 0.6) is 0 Å². The number of amides is 3. The molecule has 3 N–H and O–H groups in total. The Labute approximate surface area is 370 Å². The molecule has 0 unspecified atom stereocenters. The second-order valence-corrected chi connectivity index (χ2v) is 17.6. The van der Waals surface area contributed by atoms with Crippen LogP contribution in [0, 0.1) is 17.6 Å². The predicted molar refractivity (Wildman–Crippen MR) is 226 cm³/mol. The molecule has 14 nitrogen and oxygen atoms in total. The first kappa shape index (κ1) is 48.0. The van der Waals surface area contributed by atoms with Crippen molar-refractivity contribution in [2.75, 3.05) is 18.5 Å². The SMILES string of the molecule is C/C(=C\C(=O)C[C@H]1CCc2cccc3c2N(C1=O)[C@H](C(=O)N[C@H](C)CCC(N)=O)C3)c1ccc(C(F)(F)P(=O)(OCOC(=O)c2ccc(F)cc2)OCOC(=O)c2ccc(F)cc2)cc1. The van der Waals surface area contributed by atoms with Crippen molar-refractivity contribution in [2.24, 2.45) is 11.7 Å². The van der Waals surface area contributed by atoms with Crippen LogP contribution >= 0.6 is 7.60 Å². The first-order valence-electron chi connectivity index (χ1n) is 20.3. The predicted octanol–water partition coefficient (Wildman–Crippen LogP) is 7.52. The summed E-state index contributed by atoms with van der Waals surface area (Å²) in [5, 5.41) is 2.87. The number of ether oxygens (including phenoxy) is 2. The Hall–Kier alpha value is -6.49. The number of allylic oxidation sites excluding steroid dienone is 2. The zero-order chi connectivity index (χ0) is 47.1. The van der Waals surface area contributed by atoms with Crippen LogP contribution in [0.3, 0.4) is 0 Å². The van der Waals surface area contributed by atoms with Gasteiger partial charge in [-0.2, -0.15) is 8.78 Å². The van der Waals surface area contributed by atoms with Gasteiger partial charge in [0.15, 0.2) is 5.78 Å². The summed E-state index contributed by atoms with van der Waals surface area (Å²) in [7, 11) is -5.75. The van der Waals surface area contributed by atoms with Crippen LogP contribution in [-0.2, 0) is 60.8 Å². The molecule has 2 aliphatic rings. The van der Waals surface area contributed by atoms with Gasteiger partial charge in [-0.3, -0.25) is 37.7 Å². The highest BCUT2D eigenvalue weighted by atomic mass is 31.2. The normalized spacial score (nSPS) is 16.6. The third-order valence-corrected chi connectivity index (χ3v) is 12.7. The number of primary amides is 1. The van der Waals surface area contributed by atoms with E-state index >= 15 is 8.78 Å². The van der Waals surface area contributed by atoms with E-state index in [1.165, 1.54) is 23.1 Å². The summed E-state index contributed by atoms with van der Waals surface area (Å²) in [5.74, 6) is -6.16. The highest BCUT2D eigenvalue weighted by Gasteiger charge is 2.56. The van der Waals surface area contributed by atoms with Gasteiger partial charge in [0.05, 0.1) is 16.8 Å². The lowest BCUT2D eigenvalue weighted by Crippen LogP contribution is -2.51. The largest absolute Gasteiger partial charge is 0.434 e. The molecule has 4 aromatic rings. The number of aryl methyl sites for hydroxylation is 1. The monoisotopic (exact) mass is 921 g/mol. The molecule has 0 fully saturated rings. The van der Waals surface area contributed by atoms with Gasteiger partial charge in [0.25, 0.3) is 0 Å². The molecule has 0 aromatic heterocycles. The molecule has 6 rings (SSSR count). The Bertz CT molecular complexity index is 2470. The number of hydrogen-bond acceptors (Lipinski definition) is 11. The Kier molecular flexibility index (Phi) is 15.2. The van der Waals surface area contributed by atoms with E-state index in [4.69, 9.17) is 24.3 Å². The van der Waals surface area contributed by atoms with Gasteiger partial charge in [0.1, 0.15) is 17.7 Å². The van der Waals surface area contributed by atoms with Crippen molar-refractivity contribution in [1.82, 2.24) is 5.32 Å². The summed E-state index contributed by atoms with van der Waals surface area (Å²) in [6.45, 7) is 0.607. The van der Waals surface area contributed by atoms with Crippen molar-refractivity contribution in [1.29, 1.82) is 0 Å². The number of nitrogens with one attached hydrogen (secondary N) is 1. The average Bonchev–Trinajstić information content (AvgIpc) is 3.61. The minimum atomic E-state index is -5.75. The fraction of sp³-hybridized carbons (Fsp3) is 0.304. The Morgan fingerprint density at radius 3 is 1.94 bits per heavy atom. The quantitative estimate of drug-likeness (QED) is 0.0310. The number of carbonyl (C=O) groups excluding carboxylic acids is 6. The molecule has 0 radical (unpaired) electrons. The maximum Gasteiger partial charge on any atom is 0.410 e. The van der Waals surface area contributed by atoms with Crippen molar-refractivity contribution in [2.45, 2.75) is 70.1 Å². The van der Waals surface area contributed by atoms with Crippen molar-refractivity contribution in [3.63, 3.8) is 0 Å². The molecule has 3 atom stereocenters. The number of para-hydroxylation sites is 1. The molecular formula is C46H44F4N3O11P. The van der Waals surface area contributed by atoms with Crippen LogP contribution in [0.1, 0.15) is 82.5 Å². The number of hydrogen-bond donors (Lipinski definition) is 2. The number of rotatable bonds is 19. The van der Waals surface area contributed by atoms with Crippen LogP contribution in [0.15, 0.2) is 97.1 Å². The van der Waals surface area contributed by atoms with Gasteiger partial charge in [0, 0.05) is 36.8 Å².